The summed E-state index contributed by atoms with van der Waals surface area (Å²) in [6, 6.07) is 22.5. The first-order chi connectivity index (χ1) is 23.2. The standard InChI is InChI=1S/C35H34N8O5/c1-22-9-12-27(38-33(44)25-11-14-29(43(46)47)31(17-25)48-16-15-24-7-5-4-6-8-24)18-30(22)42-21-26-19-37-34(40-32(26)41(3)35(42)45)39-28-13-10-23(2)36-20-28/h4-14,17-20,26,32H,15-16,21H2,1-3H3,(H,38,44)(H,39,40). The van der Waals surface area contributed by atoms with E-state index in [1.165, 1.54) is 18.2 Å². The van der Waals surface area contributed by atoms with Crippen LogP contribution in [0.25, 0.3) is 0 Å². The van der Waals surface area contributed by atoms with E-state index in [-0.39, 0.29) is 35.6 Å². The number of aromatic nitrogens is 1. The molecule has 1 aromatic heterocycles. The lowest BCUT2D eigenvalue weighted by atomic mass is 10.0. The number of guanidine groups is 1. The minimum Gasteiger partial charge on any atom is -0.486 e. The van der Waals surface area contributed by atoms with Gasteiger partial charge >= 0.3 is 11.7 Å². The molecule has 1 saturated heterocycles. The van der Waals surface area contributed by atoms with E-state index in [2.05, 4.69) is 20.6 Å². The molecule has 0 bridgehead atoms. The number of anilines is 3. The largest absolute Gasteiger partial charge is 0.486 e. The van der Waals surface area contributed by atoms with E-state index < -0.39 is 17.0 Å². The molecule has 4 aromatic rings. The van der Waals surface area contributed by atoms with E-state index in [1.807, 2.05) is 62.4 Å². The van der Waals surface area contributed by atoms with Crippen molar-refractivity contribution in [2.45, 2.75) is 26.4 Å². The highest BCUT2D eigenvalue weighted by atomic mass is 16.6. The number of hydrogen-bond donors (Lipinski definition) is 2. The van der Waals surface area contributed by atoms with Gasteiger partial charge in [0, 0.05) is 55.3 Å². The van der Waals surface area contributed by atoms with Crippen LogP contribution in [0.4, 0.5) is 27.5 Å². The van der Waals surface area contributed by atoms with E-state index in [4.69, 9.17) is 9.73 Å². The number of urea groups is 1. The molecule has 3 heterocycles. The number of amides is 3. The number of fused-ring (bicyclic) bond motifs is 1. The van der Waals surface area contributed by atoms with Gasteiger partial charge in [0.25, 0.3) is 5.91 Å². The molecule has 0 aliphatic carbocycles. The minimum absolute atomic E-state index is 0.00961. The van der Waals surface area contributed by atoms with Crippen LogP contribution in [0, 0.1) is 29.9 Å². The number of pyridine rings is 1. The van der Waals surface area contributed by atoms with Gasteiger partial charge in [0.1, 0.15) is 6.17 Å². The Balaban J connectivity index is 1.15. The van der Waals surface area contributed by atoms with Crippen LogP contribution in [-0.2, 0) is 6.42 Å². The molecule has 3 aromatic carbocycles. The number of rotatable bonds is 9. The number of carbonyl (C=O) groups is 2. The second kappa shape index (κ2) is 13.7. The maximum atomic E-state index is 13.6. The van der Waals surface area contributed by atoms with Crippen molar-refractivity contribution in [3.63, 3.8) is 0 Å². The molecule has 2 atom stereocenters. The molecule has 2 aliphatic heterocycles. The zero-order valence-corrected chi connectivity index (χ0v) is 26.7. The Bertz CT molecular complexity index is 1910. The third-order valence-corrected chi connectivity index (χ3v) is 8.18. The number of nitro benzene ring substituents is 1. The van der Waals surface area contributed by atoms with Gasteiger partial charge in [-0.25, -0.2) is 14.8 Å². The van der Waals surface area contributed by atoms with Gasteiger partial charge in [-0.3, -0.25) is 24.8 Å². The van der Waals surface area contributed by atoms with Crippen LogP contribution >= 0.6 is 0 Å². The van der Waals surface area contributed by atoms with Gasteiger partial charge in [-0.15, -0.1) is 0 Å². The van der Waals surface area contributed by atoms with E-state index in [1.54, 1.807) is 41.4 Å². The van der Waals surface area contributed by atoms with Crippen LogP contribution in [0.2, 0.25) is 0 Å². The van der Waals surface area contributed by atoms with Crippen LogP contribution in [0.5, 0.6) is 5.75 Å². The third kappa shape index (κ3) is 6.99. The van der Waals surface area contributed by atoms with Crippen molar-refractivity contribution >= 4 is 46.9 Å². The lowest BCUT2D eigenvalue weighted by molar-refractivity contribution is -0.385. The zero-order chi connectivity index (χ0) is 33.8. The number of hydrogen-bond acceptors (Lipinski definition) is 9. The second-order valence-electron chi connectivity index (χ2n) is 11.6. The molecule has 0 spiro atoms. The Labute approximate surface area is 277 Å². The van der Waals surface area contributed by atoms with Crippen LogP contribution in [-0.4, -0.2) is 65.3 Å². The van der Waals surface area contributed by atoms with Crippen molar-refractivity contribution in [3.05, 3.63) is 118 Å². The smallest absolute Gasteiger partial charge is 0.325 e. The fourth-order valence-corrected chi connectivity index (χ4v) is 5.57. The number of nitro groups is 1. The summed E-state index contributed by atoms with van der Waals surface area (Å²) >= 11 is 0. The van der Waals surface area contributed by atoms with Crippen LogP contribution in [0.3, 0.4) is 0 Å². The number of nitrogens with one attached hydrogen (secondary N) is 2. The highest BCUT2D eigenvalue weighted by molar-refractivity contribution is 6.06. The second-order valence-corrected chi connectivity index (χ2v) is 11.6. The molecule has 3 amide bonds. The Morgan fingerprint density at radius 3 is 2.58 bits per heavy atom. The maximum Gasteiger partial charge on any atom is 0.325 e. The predicted octanol–water partition coefficient (Wildman–Crippen LogP) is 5.85. The number of aryl methyl sites for hydroxylation is 2. The fraction of sp³-hybridized carbons (Fsp3) is 0.229. The fourth-order valence-electron chi connectivity index (χ4n) is 5.57. The SMILES string of the molecule is Cc1ccc(NC2=NC3C(C=N2)CN(c2cc(NC(=O)c4ccc([N+](=O)[O-])c(OCCc5ccccc5)c4)ccc2C)C(=O)N3C)cn1. The molecular formula is C35H34N8O5. The summed E-state index contributed by atoms with van der Waals surface area (Å²) in [7, 11) is 1.70. The number of benzene rings is 3. The molecule has 6 rings (SSSR count). The monoisotopic (exact) mass is 646 g/mol. The molecule has 48 heavy (non-hydrogen) atoms. The van der Waals surface area contributed by atoms with Crippen LogP contribution in [0.1, 0.15) is 27.2 Å². The Morgan fingerprint density at radius 2 is 1.83 bits per heavy atom. The predicted molar refractivity (Wildman–Crippen MR) is 184 cm³/mol. The van der Waals surface area contributed by atoms with Gasteiger partial charge in [-0.05, 0) is 55.3 Å². The van der Waals surface area contributed by atoms with E-state index in [0.717, 1.165) is 22.5 Å². The molecule has 2 N–H and O–H groups in total. The van der Waals surface area contributed by atoms with E-state index in [0.29, 0.717) is 30.3 Å². The Hall–Kier alpha value is -6.11. The van der Waals surface area contributed by atoms with E-state index >= 15 is 0 Å². The van der Waals surface area contributed by atoms with Gasteiger partial charge in [0.15, 0.2) is 5.75 Å². The van der Waals surface area contributed by atoms with Crippen molar-refractivity contribution in [2.24, 2.45) is 15.9 Å². The molecular weight excluding hydrogens is 612 g/mol. The maximum absolute atomic E-state index is 13.6. The van der Waals surface area contributed by atoms with Crippen molar-refractivity contribution in [1.29, 1.82) is 0 Å². The van der Waals surface area contributed by atoms with Gasteiger partial charge in [0.05, 0.1) is 35.0 Å². The van der Waals surface area contributed by atoms with Crippen LogP contribution in [0.15, 0.2) is 95.0 Å². The first kappa shape index (κ1) is 31.9. The molecule has 13 heteroatoms. The third-order valence-electron chi connectivity index (χ3n) is 8.18. The number of ether oxygens (including phenoxy) is 1. The Morgan fingerprint density at radius 1 is 1.04 bits per heavy atom. The molecule has 0 radical (unpaired) electrons. The normalized spacial score (nSPS) is 17.0. The summed E-state index contributed by atoms with van der Waals surface area (Å²) < 4.78 is 5.77. The molecule has 2 unspecified atom stereocenters. The lowest BCUT2D eigenvalue weighted by Gasteiger charge is -2.43. The average molecular weight is 647 g/mol. The van der Waals surface area contributed by atoms with Crippen molar-refractivity contribution in [2.75, 3.05) is 35.7 Å². The van der Waals surface area contributed by atoms with Crippen molar-refractivity contribution < 1.29 is 19.2 Å². The first-order valence-corrected chi connectivity index (χ1v) is 15.4. The lowest BCUT2D eigenvalue weighted by Crippen LogP contribution is -2.58. The summed E-state index contributed by atoms with van der Waals surface area (Å²) in [4.78, 5) is 54.8. The summed E-state index contributed by atoms with van der Waals surface area (Å²) in [6.45, 7) is 4.34. The van der Waals surface area contributed by atoms with Gasteiger partial charge < -0.3 is 20.3 Å². The molecule has 13 nitrogen and oxygen atoms in total. The highest BCUT2D eigenvalue weighted by Crippen LogP contribution is 2.33. The number of nitrogens with zero attached hydrogens (tertiary/aromatic N) is 6. The first-order valence-electron chi connectivity index (χ1n) is 15.4. The van der Waals surface area contributed by atoms with Crippen molar-refractivity contribution in [3.8, 4) is 5.75 Å². The van der Waals surface area contributed by atoms with Crippen LogP contribution < -0.4 is 20.3 Å². The molecule has 244 valence electrons. The minimum atomic E-state index is -0.538. The Kier molecular flexibility index (Phi) is 9.10. The highest BCUT2D eigenvalue weighted by Gasteiger charge is 2.40. The quantitative estimate of drug-likeness (QED) is 0.171. The van der Waals surface area contributed by atoms with E-state index in [9.17, 15) is 19.7 Å². The molecule has 0 saturated carbocycles. The summed E-state index contributed by atoms with van der Waals surface area (Å²) in [5.74, 6) is -0.248. The topological polar surface area (TPSA) is 155 Å². The van der Waals surface area contributed by atoms with Gasteiger partial charge in [-0.1, -0.05) is 36.4 Å². The average Bonchev–Trinajstić information content (AvgIpc) is 3.09. The molecule has 2 aliphatic rings. The number of aliphatic imine (C=N–C) groups is 2. The van der Waals surface area contributed by atoms with Gasteiger partial charge in [-0.2, -0.15) is 0 Å². The summed E-state index contributed by atoms with van der Waals surface area (Å²) in [5, 5.41) is 17.7. The van der Waals surface area contributed by atoms with Crippen molar-refractivity contribution in [1.82, 2.24) is 9.88 Å². The summed E-state index contributed by atoms with van der Waals surface area (Å²) in [5.41, 5.74) is 4.55. The number of carbonyl (C=O) groups excluding carboxylic acids is 2. The molecule has 1 fully saturated rings. The zero-order valence-electron chi connectivity index (χ0n) is 26.7. The van der Waals surface area contributed by atoms with Gasteiger partial charge in [0.2, 0.25) is 5.96 Å². The summed E-state index contributed by atoms with van der Waals surface area (Å²) in [6.07, 6.45) is 3.61.